The molecule has 2 rings (SSSR count). The molecule has 0 radical (unpaired) electrons. The summed E-state index contributed by atoms with van der Waals surface area (Å²) in [5.74, 6) is 2.57. The molecule has 102 valence electrons. The minimum absolute atomic E-state index is 0.00750. The van der Waals surface area contributed by atoms with Crippen LogP contribution in [0.1, 0.15) is 65.7 Å². The second kappa shape index (κ2) is 4.84. The SMILES string of the molecule is CC1CCC(n2c(Cl)nnc2C(C)(C)C)CC1C. The van der Waals surface area contributed by atoms with Gasteiger partial charge in [-0.15, -0.1) is 10.2 Å². The van der Waals surface area contributed by atoms with Gasteiger partial charge < -0.3 is 0 Å². The molecule has 0 amide bonds. The number of rotatable bonds is 1. The molecule has 0 aromatic carbocycles. The Hall–Kier alpha value is -0.570. The summed E-state index contributed by atoms with van der Waals surface area (Å²) in [6, 6.07) is 0.466. The third-order valence-electron chi connectivity index (χ3n) is 4.26. The third kappa shape index (κ3) is 2.56. The van der Waals surface area contributed by atoms with Crippen LogP contribution in [-0.4, -0.2) is 14.8 Å². The standard InChI is InChI=1S/C14H24ClN3/c1-9-6-7-11(8-10(9)2)18-12(14(3,4)5)16-17-13(18)15/h9-11H,6-8H2,1-5H3. The molecule has 1 saturated carbocycles. The van der Waals surface area contributed by atoms with Crippen molar-refractivity contribution in [3.05, 3.63) is 11.1 Å². The van der Waals surface area contributed by atoms with Crippen LogP contribution in [-0.2, 0) is 5.41 Å². The summed E-state index contributed by atoms with van der Waals surface area (Å²) in [4.78, 5) is 0. The maximum Gasteiger partial charge on any atom is 0.225 e. The van der Waals surface area contributed by atoms with Gasteiger partial charge in [0.2, 0.25) is 5.28 Å². The van der Waals surface area contributed by atoms with E-state index < -0.39 is 0 Å². The number of hydrogen-bond donors (Lipinski definition) is 0. The average molecular weight is 270 g/mol. The molecule has 0 N–H and O–H groups in total. The zero-order valence-corrected chi connectivity index (χ0v) is 12.8. The molecule has 1 fully saturated rings. The van der Waals surface area contributed by atoms with Crippen molar-refractivity contribution in [2.45, 2.75) is 65.3 Å². The van der Waals surface area contributed by atoms with Crippen molar-refractivity contribution < 1.29 is 0 Å². The maximum atomic E-state index is 6.26. The lowest BCUT2D eigenvalue weighted by molar-refractivity contribution is 0.204. The van der Waals surface area contributed by atoms with Crippen LogP contribution < -0.4 is 0 Å². The molecule has 1 aromatic rings. The molecule has 4 heteroatoms. The predicted octanol–water partition coefficient (Wildman–Crippen LogP) is 4.23. The predicted molar refractivity (Wildman–Crippen MR) is 74.9 cm³/mol. The topological polar surface area (TPSA) is 30.7 Å². The van der Waals surface area contributed by atoms with E-state index in [9.17, 15) is 0 Å². The van der Waals surface area contributed by atoms with E-state index in [4.69, 9.17) is 11.6 Å². The van der Waals surface area contributed by atoms with Crippen LogP contribution in [0.15, 0.2) is 0 Å². The molecule has 0 spiro atoms. The first-order valence-corrected chi connectivity index (χ1v) is 7.29. The Bertz CT molecular complexity index is 419. The monoisotopic (exact) mass is 269 g/mol. The van der Waals surface area contributed by atoms with E-state index in [2.05, 4.69) is 49.4 Å². The van der Waals surface area contributed by atoms with Gasteiger partial charge in [0.05, 0.1) is 0 Å². The molecule has 18 heavy (non-hydrogen) atoms. The van der Waals surface area contributed by atoms with Crippen molar-refractivity contribution in [1.29, 1.82) is 0 Å². The molecule has 3 atom stereocenters. The number of aromatic nitrogens is 3. The van der Waals surface area contributed by atoms with Crippen molar-refractivity contribution in [2.75, 3.05) is 0 Å². The van der Waals surface area contributed by atoms with E-state index in [1.165, 1.54) is 19.3 Å². The Morgan fingerprint density at radius 3 is 2.33 bits per heavy atom. The van der Waals surface area contributed by atoms with Crippen molar-refractivity contribution in [3.8, 4) is 0 Å². The summed E-state index contributed by atoms with van der Waals surface area (Å²) in [6.07, 6.45) is 3.64. The summed E-state index contributed by atoms with van der Waals surface area (Å²) in [5.41, 5.74) is -0.00750. The van der Waals surface area contributed by atoms with Crippen LogP contribution in [0.2, 0.25) is 5.28 Å². The number of nitrogens with zero attached hydrogens (tertiary/aromatic N) is 3. The van der Waals surface area contributed by atoms with Gasteiger partial charge in [-0.25, -0.2) is 0 Å². The highest BCUT2D eigenvalue weighted by atomic mass is 35.5. The van der Waals surface area contributed by atoms with Gasteiger partial charge in [-0.05, 0) is 42.7 Å². The van der Waals surface area contributed by atoms with E-state index in [-0.39, 0.29) is 5.41 Å². The molecule has 0 saturated heterocycles. The van der Waals surface area contributed by atoms with Gasteiger partial charge in [-0.3, -0.25) is 4.57 Å². The van der Waals surface area contributed by atoms with E-state index in [1.807, 2.05) is 0 Å². The lowest BCUT2D eigenvalue weighted by Crippen LogP contribution is -2.28. The molecule has 0 bridgehead atoms. The van der Waals surface area contributed by atoms with Gasteiger partial charge in [0.1, 0.15) is 5.82 Å². The van der Waals surface area contributed by atoms with E-state index in [0.29, 0.717) is 11.3 Å². The summed E-state index contributed by atoms with van der Waals surface area (Å²) in [6.45, 7) is 11.2. The Labute approximate surface area is 115 Å². The number of hydrogen-bond acceptors (Lipinski definition) is 2. The fourth-order valence-electron chi connectivity index (χ4n) is 2.86. The van der Waals surface area contributed by atoms with Crippen molar-refractivity contribution >= 4 is 11.6 Å². The van der Waals surface area contributed by atoms with Crippen molar-refractivity contribution in [3.63, 3.8) is 0 Å². The van der Waals surface area contributed by atoms with Gasteiger partial charge in [0.25, 0.3) is 0 Å². The molecular formula is C14H24ClN3. The largest absolute Gasteiger partial charge is 0.298 e. The summed E-state index contributed by atoms with van der Waals surface area (Å²) < 4.78 is 2.17. The van der Waals surface area contributed by atoms with Crippen LogP contribution in [0.3, 0.4) is 0 Å². The fraction of sp³-hybridized carbons (Fsp3) is 0.857. The quantitative estimate of drug-likeness (QED) is 0.764. The molecule has 1 aromatic heterocycles. The van der Waals surface area contributed by atoms with E-state index in [1.54, 1.807) is 0 Å². The van der Waals surface area contributed by atoms with Crippen LogP contribution in [0.25, 0.3) is 0 Å². The molecule has 3 nitrogen and oxygen atoms in total. The van der Waals surface area contributed by atoms with E-state index in [0.717, 1.165) is 17.7 Å². The third-order valence-corrected chi connectivity index (χ3v) is 4.52. The fourth-order valence-corrected chi connectivity index (χ4v) is 3.12. The summed E-state index contributed by atoms with van der Waals surface area (Å²) >= 11 is 6.26. The molecule has 3 unspecified atom stereocenters. The van der Waals surface area contributed by atoms with Gasteiger partial charge >= 0.3 is 0 Å². The first kappa shape index (κ1) is 13.9. The van der Waals surface area contributed by atoms with Gasteiger partial charge in [0.15, 0.2) is 0 Å². The number of halogens is 1. The van der Waals surface area contributed by atoms with Crippen LogP contribution >= 0.6 is 11.6 Å². The smallest absolute Gasteiger partial charge is 0.225 e. The molecular weight excluding hydrogens is 246 g/mol. The second-order valence-electron chi connectivity index (χ2n) is 6.83. The summed E-state index contributed by atoms with van der Waals surface area (Å²) in [5, 5.41) is 8.92. The molecule has 1 aliphatic rings. The Kier molecular flexibility index (Phi) is 3.72. The van der Waals surface area contributed by atoms with Crippen LogP contribution in [0.4, 0.5) is 0 Å². The van der Waals surface area contributed by atoms with Crippen LogP contribution in [0.5, 0.6) is 0 Å². The Morgan fingerprint density at radius 2 is 1.78 bits per heavy atom. The highest BCUT2D eigenvalue weighted by Gasteiger charge is 2.32. The highest BCUT2D eigenvalue weighted by molar-refractivity contribution is 6.28. The molecule has 0 aliphatic heterocycles. The maximum absolute atomic E-state index is 6.26. The molecule has 1 heterocycles. The Morgan fingerprint density at radius 1 is 1.11 bits per heavy atom. The highest BCUT2D eigenvalue weighted by Crippen LogP contribution is 2.39. The first-order valence-electron chi connectivity index (χ1n) is 6.91. The van der Waals surface area contributed by atoms with Crippen molar-refractivity contribution in [2.24, 2.45) is 11.8 Å². The lowest BCUT2D eigenvalue weighted by atomic mass is 9.79. The summed E-state index contributed by atoms with van der Waals surface area (Å²) in [7, 11) is 0. The molecule has 1 aliphatic carbocycles. The Balaban J connectivity index is 2.31. The zero-order valence-electron chi connectivity index (χ0n) is 12.1. The van der Waals surface area contributed by atoms with Gasteiger partial charge in [-0.2, -0.15) is 0 Å². The first-order chi connectivity index (χ1) is 8.30. The zero-order chi connectivity index (χ0) is 13.5. The minimum atomic E-state index is -0.00750. The van der Waals surface area contributed by atoms with Crippen molar-refractivity contribution in [1.82, 2.24) is 14.8 Å². The van der Waals surface area contributed by atoms with Gasteiger partial charge in [-0.1, -0.05) is 34.6 Å². The normalized spacial score (nSPS) is 29.6. The lowest BCUT2D eigenvalue weighted by Gasteiger charge is -2.34. The second-order valence-corrected chi connectivity index (χ2v) is 7.17. The van der Waals surface area contributed by atoms with E-state index >= 15 is 0 Å². The van der Waals surface area contributed by atoms with Crippen LogP contribution in [0, 0.1) is 11.8 Å². The van der Waals surface area contributed by atoms with Gasteiger partial charge in [0, 0.05) is 11.5 Å². The average Bonchev–Trinajstić information content (AvgIpc) is 2.64. The minimum Gasteiger partial charge on any atom is -0.298 e.